The van der Waals surface area contributed by atoms with Crippen LogP contribution in [0.5, 0.6) is 0 Å². The van der Waals surface area contributed by atoms with E-state index in [0.29, 0.717) is 46.1 Å². The van der Waals surface area contributed by atoms with Crippen molar-refractivity contribution in [3.05, 3.63) is 0 Å². The maximum atomic E-state index is 11.5. The molecular formula is C16H33N3O4. The van der Waals surface area contributed by atoms with Crippen LogP contribution in [0.1, 0.15) is 34.6 Å². The van der Waals surface area contributed by atoms with Gasteiger partial charge in [-0.15, -0.1) is 0 Å². The van der Waals surface area contributed by atoms with Gasteiger partial charge in [0.05, 0.1) is 33.0 Å². The molecule has 0 radical (unpaired) electrons. The van der Waals surface area contributed by atoms with Gasteiger partial charge in [0.15, 0.2) is 0 Å². The topological polar surface area (TPSA) is 88.7 Å². The zero-order valence-electron chi connectivity index (χ0n) is 15.2. The summed E-state index contributed by atoms with van der Waals surface area (Å²) in [6.07, 6.45) is 0. The third-order valence-electron chi connectivity index (χ3n) is 2.79. The third kappa shape index (κ3) is 15.5. The van der Waals surface area contributed by atoms with E-state index in [1.165, 1.54) is 0 Å². The first kappa shape index (κ1) is 21.8. The van der Waals surface area contributed by atoms with Crippen molar-refractivity contribution >= 4 is 11.8 Å². The summed E-state index contributed by atoms with van der Waals surface area (Å²) < 4.78 is 10.7. The summed E-state index contributed by atoms with van der Waals surface area (Å²) in [5, 5.41) is 8.66. The van der Waals surface area contributed by atoms with Gasteiger partial charge in [-0.2, -0.15) is 0 Å². The van der Waals surface area contributed by atoms with E-state index in [0.717, 1.165) is 0 Å². The van der Waals surface area contributed by atoms with Crippen molar-refractivity contribution in [2.75, 3.05) is 46.1 Å². The van der Waals surface area contributed by atoms with Gasteiger partial charge < -0.3 is 25.4 Å². The summed E-state index contributed by atoms with van der Waals surface area (Å²) >= 11 is 0. The van der Waals surface area contributed by atoms with Gasteiger partial charge in [-0.25, -0.2) is 0 Å². The summed E-state index contributed by atoms with van der Waals surface area (Å²) in [5.41, 5.74) is -0.0696. The Morgan fingerprint density at radius 1 is 0.913 bits per heavy atom. The minimum atomic E-state index is -0.0696. The fourth-order valence-electron chi connectivity index (χ4n) is 1.44. The molecule has 0 spiro atoms. The number of amides is 2. The Balaban J connectivity index is 3.31. The Labute approximate surface area is 139 Å². The van der Waals surface area contributed by atoms with Crippen molar-refractivity contribution < 1.29 is 19.1 Å². The van der Waals surface area contributed by atoms with Crippen molar-refractivity contribution in [1.29, 1.82) is 0 Å². The molecule has 0 aromatic carbocycles. The van der Waals surface area contributed by atoms with Crippen molar-refractivity contribution in [1.82, 2.24) is 16.0 Å². The van der Waals surface area contributed by atoms with E-state index in [4.69, 9.17) is 9.47 Å². The normalized spacial score (nSPS) is 11.6. The summed E-state index contributed by atoms with van der Waals surface area (Å²) in [6.45, 7) is 12.9. The van der Waals surface area contributed by atoms with Crippen LogP contribution in [0, 0.1) is 5.92 Å². The van der Waals surface area contributed by atoms with E-state index in [9.17, 15) is 9.59 Å². The number of nitrogens with one attached hydrogen (secondary N) is 3. The van der Waals surface area contributed by atoms with Crippen molar-refractivity contribution in [2.45, 2.75) is 40.2 Å². The van der Waals surface area contributed by atoms with Gasteiger partial charge in [-0.05, 0) is 20.8 Å². The maximum absolute atomic E-state index is 11.5. The molecule has 0 aromatic rings. The maximum Gasteiger partial charge on any atom is 0.234 e. The first-order valence-electron chi connectivity index (χ1n) is 8.17. The van der Waals surface area contributed by atoms with E-state index in [2.05, 4.69) is 16.0 Å². The lowest BCUT2D eigenvalue weighted by Gasteiger charge is -2.19. The van der Waals surface area contributed by atoms with Gasteiger partial charge in [0.1, 0.15) is 0 Å². The second-order valence-electron chi connectivity index (χ2n) is 6.62. The molecule has 7 nitrogen and oxygen atoms in total. The highest BCUT2D eigenvalue weighted by Gasteiger charge is 2.10. The van der Waals surface area contributed by atoms with Gasteiger partial charge in [-0.3, -0.25) is 9.59 Å². The van der Waals surface area contributed by atoms with E-state index in [1.54, 1.807) is 0 Å². The Morgan fingerprint density at radius 2 is 1.43 bits per heavy atom. The molecule has 0 rings (SSSR count). The zero-order chi connectivity index (χ0) is 17.7. The molecule has 0 heterocycles. The molecule has 0 unspecified atom stereocenters. The standard InChI is InChI=1S/C16H33N3O4/c1-13(2)15(21)18-7-9-23-11-10-22-8-6-17-14(20)12-19-16(3,4)5/h13,19H,6-12H2,1-5H3,(H,17,20)(H,18,21). The van der Waals surface area contributed by atoms with Crippen LogP contribution < -0.4 is 16.0 Å². The smallest absolute Gasteiger partial charge is 0.234 e. The van der Waals surface area contributed by atoms with Crippen LogP contribution in [0.25, 0.3) is 0 Å². The van der Waals surface area contributed by atoms with Gasteiger partial charge >= 0.3 is 0 Å². The van der Waals surface area contributed by atoms with Crippen LogP contribution in [0.15, 0.2) is 0 Å². The first-order chi connectivity index (χ1) is 10.7. The summed E-state index contributed by atoms with van der Waals surface area (Å²) in [4.78, 5) is 22.8. The van der Waals surface area contributed by atoms with Gasteiger partial charge in [0.25, 0.3) is 0 Å². The second-order valence-corrected chi connectivity index (χ2v) is 6.62. The molecular weight excluding hydrogens is 298 g/mol. The van der Waals surface area contributed by atoms with Crippen LogP contribution in [-0.4, -0.2) is 63.4 Å². The van der Waals surface area contributed by atoms with Crippen molar-refractivity contribution in [3.8, 4) is 0 Å². The first-order valence-corrected chi connectivity index (χ1v) is 8.17. The average Bonchev–Trinajstić information content (AvgIpc) is 2.45. The fraction of sp³-hybridized carbons (Fsp3) is 0.875. The van der Waals surface area contributed by atoms with E-state index < -0.39 is 0 Å². The summed E-state index contributed by atoms with van der Waals surface area (Å²) in [5.74, 6) is -0.0191. The summed E-state index contributed by atoms with van der Waals surface area (Å²) in [6, 6.07) is 0. The molecule has 0 aliphatic carbocycles. The van der Waals surface area contributed by atoms with Crippen LogP contribution >= 0.6 is 0 Å². The average molecular weight is 331 g/mol. The molecule has 0 saturated carbocycles. The summed E-state index contributed by atoms with van der Waals surface area (Å²) in [7, 11) is 0. The van der Waals surface area contributed by atoms with E-state index in [1.807, 2.05) is 34.6 Å². The zero-order valence-corrected chi connectivity index (χ0v) is 15.2. The molecule has 0 saturated heterocycles. The predicted molar refractivity (Wildman–Crippen MR) is 90.3 cm³/mol. The predicted octanol–water partition coefficient (Wildman–Crippen LogP) is 0.296. The largest absolute Gasteiger partial charge is 0.377 e. The second kappa shape index (κ2) is 12.3. The number of ether oxygens (including phenoxy) is 2. The van der Waals surface area contributed by atoms with Crippen molar-refractivity contribution in [3.63, 3.8) is 0 Å². The molecule has 0 bridgehead atoms. The third-order valence-corrected chi connectivity index (χ3v) is 2.79. The Hall–Kier alpha value is -1.18. The highest BCUT2D eigenvalue weighted by Crippen LogP contribution is 1.96. The highest BCUT2D eigenvalue weighted by atomic mass is 16.5. The van der Waals surface area contributed by atoms with E-state index >= 15 is 0 Å². The molecule has 0 aliphatic rings. The fourth-order valence-corrected chi connectivity index (χ4v) is 1.44. The number of rotatable bonds is 12. The lowest BCUT2D eigenvalue weighted by atomic mass is 10.1. The van der Waals surface area contributed by atoms with Gasteiger partial charge in [-0.1, -0.05) is 13.8 Å². The number of hydrogen-bond acceptors (Lipinski definition) is 5. The lowest BCUT2D eigenvalue weighted by molar-refractivity contribution is -0.124. The molecule has 0 aromatic heterocycles. The molecule has 136 valence electrons. The monoisotopic (exact) mass is 331 g/mol. The molecule has 0 fully saturated rings. The SMILES string of the molecule is CC(C)C(=O)NCCOCCOCCNC(=O)CNC(C)(C)C. The van der Waals surface area contributed by atoms with Gasteiger partial charge in [0.2, 0.25) is 11.8 Å². The van der Waals surface area contributed by atoms with Crippen LogP contribution in [0.2, 0.25) is 0 Å². The molecule has 3 N–H and O–H groups in total. The minimum Gasteiger partial charge on any atom is -0.377 e. The lowest BCUT2D eigenvalue weighted by Crippen LogP contribution is -2.43. The Morgan fingerprint density at radius 3 is 1.91 bits per heavy atom. The van der Waals surface area contributed by atoms with Crippen LogP contribution in [0.4, 0.5) is 0 Å². The minimum absolute atomic E-state index is 0.00728. The number of hydrogen-bond donors (Lipinski definition) is 3. The van der Waals surface area contributed by atoms with Gasteiger partial charge in [0, 0.05) is 24.5 Å². The molecule has 0 aliphatic heterocycles. The van der Waals surface area contributed by atoms with E-state index in [-0.39, 0.29) is 23.3 Å². The van der Waals surface area contributed by atoms with Crippen LogP contribution in [-0.2, 0) is 19.1 Å². The molecule has 23 heavy (non-hydrogen) atoms. The molecule has 0 atom stereocenters. The van der Waals surface area contributed by atoms with Crippen molar-refractivity contribution in [2.24, 2.45) is 5.92 Å². The Kier molecular flexibility index (Phi) is 11.6. The molecule has 2 amide bonds. The number of carbonyl (C=O) groups is 2. The number of carbonyl (C=O) groups excluding carboxylic acids is 2. The highest BCUT2D eigenvalue weighted by molar-refractivity contribution is 5.78. The Bertz CT molecular complexity index is 341. The van der Waals surface area contributed by atoms with Crippen LogP contribution in [0.3, 0.4) is 0 Å². The molecule has 7 heteroatoms. The quantitative estimate of drug-likeness (QED) is 0.448.